The van der Waals surface area contributed by atoms with Gasteiger partial charge in [-0.3, -0.25) is 0 Å². The van der Waals surface area contributed by atoms with Crippen LogP contribution in [0.25, 0.3) is 0 Å². The normalized spacial score (nSPS) is 35.1. The Morgan fingerprint density at radius 1 is 0.658 bits per heavy atom. The summed E-state index contributed by atoms with van der Waals surface area (Å²) in [5.41, 5.74) is -0.194. The highest BCUT2D eigenvalue weighted by Crippen LogP contribution is 2.33. The quantitative estimate of drug-likeness (QED) is 0.114. The third-order valence-electron chi connectivity index (χ3n) is 5.68. The summed E-state index contributed by atoms with van der Waals surface area (Å²) in [6.45, 7) is 12.7. The highest BCUT2D eigenvalue weighted by Gasteiger charge is 2.54. The Balaban J connectivity index is 2.52. The number of aliphatic hydroxyl groups is 5. The molecule has 2 saturated heterocycles. The molecule has 0 aliphatic carbocycles. The summed E-state index contributed by atoms with van der Waals surface area (Å²) in [7, 11) is 0. The molecule has 214 valence electrons. The van der Waals surface area contributed by atoms with Crippen molar-refractivity contribution >= 4 is 17.9 Å². The van der Waals surface area contributed by atoms with E-state index in [1.165, 1.54) is 20.8 Å². The van der Waals surface area contributed by atoms with Crippen molar-refractivity contribution in [2.24, 2.45) is 0 Å². The summed E-state index contributed by atoms with van der Waals surface area (Å²) in [5.74, 6) is -2.93. The van der Waals surface area contributed by atoms with Crippen molar-refractivity contribution in [2.45, 2.75) is 82.2 Å². The van der Waals surface area contributed by atoms with Crippen LogP contribution >= 0.6 is 0 Å². The van der Waals surface area contributed by atoms with Crippen molar-refractivity contribution in [1.82, 2.24) is 0 Å². The average molecular weight is 547 g/mol. The number of hydrogen-bond donors (Lipinski definition) is 5. The Morgan fingerprint density at radius 3 is 1.50 bits per heavy atom. The van der Waals surface area contributed by atoms with Gasteiger partial charge in [-0.2, -0.15) is 0 Å². The summed E-state index contributed by atoms with van der Waals surface area (Å²) < 4.78 is 32.5. The lowest BCUT2D eigenvalue weighted by atomic mass is 9.96. The molecule has 2 aliphatic rings. The highest BCUT2D eigenvalue weighted by molar-refractivity contribution is 5.88. The number of rotatable bonds is 10. The Bertz CT molecular complexity index is 931. The maximum absolute atomic E-state index is 12.4. The summed E-state index contributed by atoms with van der Waals surface area (Å²) in [6, 6.07) is 0. The van der Waals surface area contributed by atoms with Crippen molar-refractivity contribution in [3.8, 4) is 0 Å². The molecule has 2 fully saturated rings. The molecule has 0 amide bonds. The molecule has 0 unspecified atom stereocenters. The van der Waals surface area contributed by atoms with Gasteiger partial charge in [0.1, 0.15) is 30.5 Å². The molecule has 0 aromatic carbocycles. The molecule has 0 radical (unpaired) electrons. The number of carbonyl (C=O) groups is 3. The van der Waals surface area contributed by atoms with Crippen molar-refractivity contribution in [3.05, 3.63) is 36.5 Å². The number of aliphatic hydroxyl groups excluding tert-OH is 5. The van der Waals surface area contributed by atoms with Gasteiger partial charge in [-0.05, 0) is 20.8 Å². The zero-order valence-electron chi connectivity index (χ0n) is 21.2. The van der Waals surface area contributed by atoms with Gasteiger partial charge in [0.2, 0.25) is 0 Å². The van der Waals surface area contributed by atoms with Crippen LogP contribution in [-0.4, -0.2) is 118 Å². The number of ether oxygens (including phenoxy) is 6. The molecule has 0 aromatic rings. The van der Waals surface area contributed by atoms with E-state index in [1.807, 2.05) is 0 Å². The minimum absolute atomic E-state index is 0.0587. The molecule has 0 spiro atoms. The second-order valence-corrected chi connectivity index (χ2v) is 9.01. The monoisotopic (exact) mass is 546 g/mol. The summed E-state index contributed by atoms with van der Waals surface area (Å²) in [4.78, 5) is 37.0. The molecule has 14 nitrogen and oxygen atoms in total. The van der Waals surface area contributed by atoms with Crippen LogP contribution in [0.4, 0.5) is 0 Å². The second-order valence-electron chi connectivity index (χ2n) is 9.01. The van der Waals surface area contributed by atoms with Gasteiger partial charge in [-0.1, -0.05) is 19.7 Å². The van der Waals surface area contributed by atoms with Gasteiger partial charge in [0, 0.05) is 16.7 Å². The van der Waals surface area contributed by atoms with E-state index in [2.05, 4.69) is 19.7 Å². The number of hydrogen-bond acceptors (Lipinski definition) is 14. The van der Waals surface area contributed by atoms with Crippen LogP contribution in [-0.2, 0) is 42.8 Å². The maximum atomic E-state index is 12.4. The van der Waals surface area contributed by atoms with Crippen LogP contribution in [0.1, 0.15) is 20.8 Å². The van der Waals surface area contributed by atoms with E-state index < -0.39 is 92.5 Å². The maximum Gasteiger partial charge on any atom is 0.333 e. The predicted molar refractivity (Wildman–Crippen MR) is 125 cm³/mol. The topological polar surface area (TPSA) is 208 Å². The van der Waals surface area contributed by atoms with Crippen LogP contribution in [0, 0.1) is 0 Å². The van der Waals surface area contributed by atoms with Gasteiger partial charge < -0.3 is 54.0 Å². The lowest BCUT2D eigenvalue weighted by molar-refractivity contribution is -0.356. The van der Waals surface area contributed by atoms with Crippen LogP contribution in [0.2, 0.25) is 0 Å². The van der Waals surface area contributed by atoms with Crippen LogP contribution < -0.4 is 0 Å². The lowest BCUT2D eigenvalue weighted by Gasteiger charge is -2.47. The molecule has 2 heterocycles. The van der Waals surface area contributed by atoms with E-state index in [4.69, 9.17) is 28.4 Å². The van der Waals surface area contributed by atoms with E-state index in [0.29, 0.717) is 0 Å². The first kappa shape index (κ1) is 31.5. The fourth-order valence-corrected chi connectivity index (χ4v) is 3.59. The smallest absolute Gasteiger partial charge is 0.333 e. The molecule has 0 bridgehead atoms. The first-order chi connectivity index (χ1) is 17.7. The molecule has 5 N–H and O–H groups in total. The Hall–Kier alpha value is -2.69. The van der Waals surface area contributed by atoms with Gasteiger partial charge in [-0.25, -0.2) is 14.4 Å². The van der Waals surface area contributed by atoms with Crippen molar-refractivity contribution < 1.29 is 68.3 Å². The molecule has 2 aliphatic heterocycles. The van der Waals surface area contributed by atoms with E-state index in [1.54, 1.807) is 0 Å². The first-order valence-corrected chi connectivity index (χ1v) is 11.5. The first-order valence-electron chi connectivity index (χ1n) is 11.5. The zero-order chi connectivity index (χ0) is 28.9. The molecule has 0 aromatic heterocycles. The van der Waals surface area contributed by atoms with Gasteiger partial charge >= 0.3 is 17.9 Å². The zero-order valence-corrected chi connectivity index (χ0v) is 21.2. The fraction of sp³-hybridized carbons (Fsp3) is 0.625. The molecular formula is C24H34O14. The highest BCUT2D eigenvalue weighted by atomic mass is 16.7. The minimum Gasteiger partial charge on any atom is -0.453 e. The minimum atomic E-state index is -1.89. The van der Waals surface area contributed by atoms with E-state index >= 15 is 0 Å². The second kappa shape index (κ2) is 13.4. The standard InChI is InChI=1S/C24H34O14/c1-9(2)20(29)35-17-14(27)12(7-25)34-24(19(17)37-22(31)11(5)6)38-16-13(8-26)33-23(32)15(28)18(16)36-21(30)10(3)4/h12-19,23-28,32H,1,3,5,7-8H2,2,4,6H3/t12-,13-,14-,15-,16-,17+,18-,19-,23-,24-/m1/s1. The Labute approximate surface area is 218 Å². The lowest BCUT2D eigenvalue weighted by Crippen LogP contribution is -2.66. The summed E-state index contributed by atoms with van der Waals surface area (Å²) in [5, 5.41) is 50.9. The Kier molecular flexibility index (Phi) is 11.1. The third kappa shape index (κ3) is 7.24. The van der Waals surface area contributed by atoms with E-state index in [0.717, 1.165) is 0 Å². The van der Waals surface area contributed by atoms with Gasteiger partial charge in [0.15, 0.2) is 30.9 Å². The van der Waals surface area contributed by atoms with Gasteiger partial charge in [0.05, 0.1) is 13.2 Å². The molecule has 14 heteroatoms. The molecule has 38 heavy (non-hydrogen) atoms. The number of esters is 3. The summed E-state index contributed by atoms with van der Waals surface area (Å²) in [6.07, 6.45) is -16.7. The largest absolute Gasteiger partial charge is 0.453 e. The predicted octanol–water partition coefficient (Wildman–Crippen LogP) is -2.02. The molecule has 2 rings (SSSR count). The molecule has 10 atom stereocenters. The van der Waals surface area contributed by atoms with Crippen LogP contribution in [0.15, 0.2) is 36.5 Å². The van der Waals surface area contributed by atoms with Crippen LogP contribution in [0.3, 0.4) is 0 Å². The third-order valence-corrected chi connectivity index (χ3v) is 5.68. The Morgan fingerprint density at radius 2 is 1.08 bits per heavy atom. The van der Waals surface area contributed by atoms with Gasteiger partial charge in [-0.15, -0.1) is 0 Å². The number of carbonyl (C=O) groups excluding carboxylic acids is 3. The SMILES string of the molecule is C=C(C)C(=O)O[C@@H]1[C@@H](O)[C@H](O)O[C@H](CO)[C@H]1O[C@H]1O[C@H](CO)[C@@H](O)[C@H](OC(=O)C(=C)C)[C@H]1OC(=O)C(=C)C. The van der Waals surface area contributed by atoms with Crippen LogP contribution in [0.5, 0.6) is 0 Å². The summed E-state index contributed by atoms with van der Waals surface area (Å²) >= 11 is 0. The van der Waals surface area contributed by atoms with Crippen molar-refractivity contribution in [1.29, 1.82) is 0 Å². The van der Waals surface area contributed by atoms with Crippen molar-refractivity contribution in [3.63, 3.8) is 0 Å². The van der Waals surface area contributed by atoms with Gasteiger partial charge in [0.25, 0.3) is 0 Å². The van der Waals surface area contributed by atoms with Crippen molar-refractivity contribution in [2.75, 3.05) is 13.2 Å². The van der Waals surface area contributed by atoms with E-state index in [-0.39, 0.29) is 16.7 Å². The molecule has 0 saturated carbocycles. The average Bonchev–Trinajstić information content (AvgIpc) is 2.85. The fourth-order valence-electron chi connectivity index (χ4n) is 3.59. The van der Waals surface area contributed by atoms with E-state index in [9.17, 15) is 39.9 Å². The molecular weight excluding hydrogens is 512 g/mol.